The van der Waals surface area contributed by atoms with E-state index in [-0.39, 0.29) is 19.8 Å². The normalized spacial score (nSPS) is 12.0. The molecule has 14 heteroatoms. The van der Waals surface area contributed by atoms with Crippen LogP contribution in [0, 0.1) is 0 Å². The second-order valence-electron chi connectivity index (χ2n) is 10.3. The first-order valence-corrected chi connectivity index (χ1v) is 18.2. The summed E-state index contributed by atoms with van der Waals surface area (Å²) in [5.74, 6) is 0. The van der Waals surface area contributed by atoms with Gasteiger partial charge in [-0.25, -0.2) is 4.18 Å². The third kappa shape index (κ3) is 43.5. The van der Waals surface area contributed by atoms with Gasteiger partial charge in [-0.05, 0) is 6.42 Å². The maximum Gasteiger partial charge on any atom is 0.397 e. The highest BCUT2D eigenvalue weighted by molar-refractivity contribution is 7.80. The van der Waals surface area contributed by atoms with Gasteiger partial charge in [-0.3, -0.25) is 4.55 Å². The molecule has 0 aromatic heterocycles. The Morgan fingerprint density at radius 3 is 0.822 bits per heavy atom. The van der Waals surface area contributed by atoms with Crippen LogP contribution in [-0.2, 0) is 57.2 Å². The van der Waals surface area contributed by atoms with Crippen molar-refractivity contribution < 1.29 is 59.8 Å². The van der Waals surface area contributed by atoms with Gasteiger partial charge >= 0.3 is 10.4 Å². The molecule has 0 spiro atoms. The van der Waals surface area contributed by atoms with Crippen LogP contribution in [0.4, 0.5) is 0 Å². The summed E-state index contributed by atoms with van der Waals surface area (Å²) in [7, 11) is -4.42. The van der Waals surface area contributed by atoms with E-state index in [1.165, 1.54) is 64.2 Å². The molecule has 0 fully saturated rings. The largest absolute Gasteiger partial charge is 0.397 e. The number of rotatable bonds is 40. The molecule has 0 unspecified atom stereocenters. The number of ether oxygens (including phenoxy) is 9. The number of hydrogen-bond donors (Lipinski definition) is 1. The minimum absolute atomic E-state index is 0.0373. The summed E-state index contributed by atoms with van der Waals surface area (Å²) in [6, 6.07) is 0. The van der Waals surface area contributed by atoms with Gasteiger partial charge < -0.3 is 42.6 Å². The minimum Gasteiger partial charge on any atom is -0.379 e. The average Bonchev–Trinajstić information content (AvgIpc) is 3.01. The number of unbranched alkanes of at least 4 members (excludes halogenated alkanes) is 10. The van der Waals surface area contributed by atoms with Crippen LogP contribution in [0.15, 0.2) is 0 Å². The summed E-state index contributed by atoms with van der Waals surface area (Å²) < 4.78 is 82.0. The third-order valence-electron chi connectivity index (χ3n) is 6.33. The van der Waals surface area contributed by atoms with E-state index in [9.17, 15) is 8.42 Å². The Morgan fingerprint density at radius 1 is 0.333 bits per heavy atom. The van der Waals surface area contributed by atoms with Gasteiger partial charge in [0.1, 0.15) is 0 Å². The van der Waals surface area contributed by atoms with Crippen molar-refractivity contribution in [2.45, 2.75) is 77.6 Å². The molecule has 0 bridgehead atoms. The summed E-state index contributed by atoms with van der Waals surface area (Å²) in [6.07, 6.45) is 14.8. The Labute approximate surface area is 273 Å². The van der Waals surface area contributed by atoms with Crippen LogP contribution >= 0.6 is 0 Å². The topological polar surface area (TPSA) is 147 Å². The molecule has 0 saturated heterocycles. The van der Waals surface area contributed by atoms with E-state index in [1.807, 2.05) is 0 Å². The van der Waals surface area contributed by atoms with E-state index < -0.39 is 10.4 Å². The first kappa shape index (κ1) is 44.5. The maximum absolute atomic E-state index is 10.3. The summed E-state index contributed by atoms with van der Waals surface area (Å²) in [6.45, 7) is 10.6. The molecule has 0 aromatic carbocycles. The Balaban J connectivity index is 3.06. The predicted molar refractivity (Wildman–Crippen MR) is 171 cm³/mol. The van der Waals surface area contributed by atoms with Crippen LogP contribution in [0.3, 0.4) is 0 Å². The van der Waals surface area contributed by atoms with Crippen molar-refractivity contribution in [3.8, 4) is 0 Å². The zero-order chi connectivity index (χ0) is 32.8. The van der Waals surface area contributed by atoms with Gasteiger partial charge in [0.25, 0.3) is 0 Å². The van der Waals surface area contributed by atoms with Gasteiger partial charge in [-0.1, -0.05) is 71.1 Å². The van der Waals surface area contributed by atoms with Gasteiger partial charge in [0, 0.05) is 6.61 Å². The van der Waals surface area contributed by atoms with E-state index in [1.54, 1.807) is 0 Å². The van der Waals surface area contributed by atoms with Crippen molar-refractivity contribution in [1.82, 2.24) is 0 Å². The molecule has 272 valence electrons. The summed E-state index contributed by atoms with van der Waals surface area (Å²) in [5.41, 5.74) is 0. The molecule has 0 atom stereocenters. The lowest BCUT2D eigenvalue weighted by Gasteiger charge is -2.09. The summed E-state index contributed by atoms with van der Waals surface area (Å²) in [5, 5.41) is 0. The van der Waals surface area contributed by atoms with Gasteiger partial charge in [-0.2, -0.15) is 8.42 Å². The highest BCUT2D eigenvalue weighted by Crippen LogP contribution is 2.11. The van der Waals surface area contributed by atoms with Crippen molar-refractivity contribution in [2.24, 2.45) is 0 Å². The standard InChI is InChI=1S/C31H64O13S/c1-2-3-4-5-6-7-8-9-10-11-12-13-35-14-15-36-16-17-37-18-19-38-20-21-39-22-23-40-24-25-41-26-27-42-28-29-43-30-31-44-45(32,33)34/h2-31H2,1H3,(H,32,33,34). The second kappa shape index (κ2) is 38.0. The van der Waals surface area contributed by atoms with Crippen LogP contribution in [-0.4, -0.2) is 139 Å². The molecular formula is C31H64O13S. The molecule has 0 rings (SSSR count). The van der Waals surface area contributed by atoms with Crippen LogP contribution in [0.1, 0.15) is 77.6 Å². The van der Waals surface area contributed by atoms with E-state index in [2.05, 4.69) is 11.1 Å². The molecule has 0 aliphatic heterocycles. The van der Waals surface area contributed by atoms with Crippen LogP contribution in [0.5, 0.6) is 0 Å². The zero-order valence-electron chi connectivity index (χ0n) is 28.0. The first-order chi connectivity index (χ1) is 22.1. The Hall–Kier alpha value is -0.490. The molecule has 0 heterocycles. The fraction of sp³-hybridized carbons (Fsp3) is 1.00. The van der Waals surface area contributed by atoms with Gasteiger partial charge in [0.15, 0.2) is 0 Å². The summed E-state index contributed by atoms with van der Waals surface area (Å²) in [4.78, 5) is 0. The van der Waals surface area contributed by atoms with Gasteiger partial charge in [0.05, 0.1) is 119 Å². The molecule has 13 nitrogen and oxygen atoms in total. The molecular weight excluding hydrogens is 612 g/mol. The van der Waals surface area contributed by atoms with Crippen LogP contribution in [0.2, 0.25) is 0 Å². The summed E-state index contributed by atoms with van der Waals surface area (Å²) >= 11 is 0. The van der Waals surface area contributed by atoms with E-state index in [0.717, 1.165) is 13.0 Å². The Morgan fingerprint density at radius 2 is 0.556 bits per heavy atom. The van der Waals surface area contributed by atoms with Crippen molar-refractivity contribution >= 4 is 10.4 Å². The number of hydrogen-bond acceptors (Lipinski definition) is 12. The highest BCUT2D eigenvalue weighted by atomic mass is 32.3. The molecule has 0 aliphatic rings. The fourth-order valence-corrected chi connectivity index (χ4v) is 4.21. The molecule has 0 radical (unpaired) electrons. The first-order valence-electron chi connectivity index (χ1n) is 16.9. The highest BCUT2D eigenvalue weighted by Gasteiger charge is 2.03. The lowest BCUT2D eigenvalue weighted by Crippen LogP contribution is -2.15. The Bertz CT molecular complexity index is 655. The van der Waals surface area contributed by atoms with E-state index >= 15 is 0 Å². The smallest absolute Gasteiger partial charge is 0.379 e. The second-order valence-corrected chi connectivity index (χ2v) is 11.4. The average molecular weight is 677 g/mol. The van der Waals surface area contributed by atoms with Gasteiger partial charge in [0.2, 0.25) is 0 Å². The molecule has 1 N–H and O–H groups in total. The maximum atomic E-state index is 10.3. The van der Waals surface area contributed by atoms with Crippen molar-refractivity contribution in [1.29, 1.82) is 0 Å². The lowest BCUT2D eigenvalue weighted by atomic mass is 10.1. The van der Waals surface area contributed by atoms with Crippen molar-refractivity contribution in [2.75, 3.05) is 126 Å². The SMILES string of the molecule is CCCCCCCCCCCCCOCCOCCOCCOCCOCCOCCOCCOCCOCCOS(=O)(=O)O. The van der Waals surface area contributed by atoms with E-state index in [4.69, 9.17) is 47.2 Å². The Kier molecular flexibility index (Phi) is 37.5. The monoisotopic (exact) mass is 676 g/mol. The van der Waals surface area contributed by atoms with Crippen LogP contribution < -0.4 is 0 Å². The molecule has 45 heavy (non-hydrogen) atoms. The molecule has 0 saturated carbocycles. The zero-order valence-corrected chi connectivity index (χ0v) is 28.8. The van der Waals surface area contributed by atoms with Gasteiger partial charge in [-0.15, -0.1) is 0 Å². The van der Waals surface area contributed by atoms with Crippen molar-refractivity contribution in [3.05, 3.63) is 0 Å². The van der Waals surface area contributed by atoms with Crippen molar-refractivity contribution in [3.63, 3.8) is 0 Å². The lowest BCUT2D eigenvalue weighted by molar-refractivity contribution is -0.0254. The molecule has 0 amide bonds. The van der Waals surface area contributed by atoms with Crippen LogP contribution in [0.25, 0.3) is 0 Å². The quantitative estimate of drug-likeness (QED) is 0.0729. The minimum atomic E-state index is -4.42. The molecule has 0 aromatic rings. The van der Waals surface area contributed by atoms with E-state index in [0.29, 0.717) is 99.1 Å². The predicted octanol–water partition coefficient (Wildman–Crippen LogP) is 4.27. The third-order valence-corrected chi connectivity index (χ3v) is 6.79. The fourth-order valence-electron chi connectivity index (χ4n) is 3.93. The molecule has 0 aliphatic carbocycles.